The van der Waals surface area contributed by atoms with Gasteiger partial charge in [0.05, 0.1) is 6.04 Å². The van der Waals surface area contributed by atoms with E-state index < -0.39 is 35.1 Å². The molecule has 0 aliphatic carbocycles. The van der Waals surface area contributed by atoms with Crippen molar-refractivity contribution in [1.29, 1.82) is 0 Å². The van der Waals surface area contributed by atoms with E-state index in [1.165, 1.54) is 6.92 Å². The molecule has 106 valence electrons. The van der Waals surface area contributed by atoms with E-state index in [1.54, 1.807) is 0 Å². The molecule has 0 aliphatic heterocycles. The molecular formula is C14H10F5N. The van der Waals surface area contributed by atoms with Crippen LogP contribution in [0.2, 0.25) is 0 Å². The van der Waals surface area contributed by atoms with Gasteiger partial charge in [0.2, 0.25) is 0 Å². The van der Waals surface area contributed by atoms with Crippen LogP contribution in [0.25, 0.3) is 0 Å². The van der Waals surface area contributed by atoms with E-state index in [0.29, 0.717) is 12.1 Å². The number of rotatable bonds is 2. The van der Waals surface area contributed by atoms with Crippen molar-refractivity contribution in [3.05, 3.63) is 70.0 Å². The first-order valence-electron chi connectivity index (χ1n) is 5.66. The van der Waals surface area contributed by atoms with Crippen molar-refractivity contribution >= 4 is 0 Å². The van der Waals surface area contributed by atoms with Crippen molar-refractivity contribution in [1.82, 2.24) is 0 Å². The molecule has 2 rings (SSSR count). The number of nitrogens with two attached hydrogens (primary N) is 1. The third-order valence-electron chi connectivity index (χ3n) is 2.98. The van der Waals surface area contributed by atoms with Crippen LogP contribution in [0.3, 0.4) is 0 Å². The van der Waals surface area contributed by atoms with Gasteiger partial charge in [0.25, 0.3) is 0 Å². The molecule has 0 heterocycles. The van der Waals surface area contributed by atoms with Crippen LogP contribution in [0.5, 0.6) is 0 Å². The van der Waals surface area contributed by atoms with E-state index in [-0.39, 0.29) is 16.7 Å². The average Bonchev–Trinajstić information content (AvgIpc) is 2.38. The summed E-state index contributed by atoms with van der Waals surface area (Å²) in [4.78, 5) is 0. The molecule has 2 N–H and O–H groups in total. The molecule has 0 aliphatic rings. The summed E-state index contributed by atoms with van der Waals surface area (Å²) in [6, 6.07) is 1.78. The van der Waals surface area contributed by atoms with Gasteiger partial charge < -0.3 is 5.73 Å². The van der Waals surface area contributed by atoms with Gasteiger partial charge in [-0.05, 0) is 42.3 Å². The third-order valence-corrected chi connectivity index (χ3v) is 2.98. The Morgan fingerprint density at radius 2 is 1.35 bits per heavy atom. The Hall–Kier alpha value is -1.95. The van der Waals surface area contributed by atoms with Gasteiger partial charge in [-0.3, -0.25) is 0 Å². The van der Waals surface area contributed by atoms with Crippen molar-refractivity contribution in [3.63, 3.8) is 0 Å². The normalized spacial score (nSPS) is 12.6. The van der Waals surface area contributed by atoms with Gasteiger partial charge in [-0.25, -0.2) is 22.0 Å². The van der Waals surface area contributed by atoms with Gasteiger partial charge in [-0.1, -0.05) is 0 Å². The third kappa shape index (κ3) is 2.51. The molecule has 0 bridgehead atoms. The fraction of sp³-hybridized carbons (Fsp3) is 0.143. The summed E-state index contributed by atoms with van der Waals surface area (Å²) < 4.78 is 66.3. The Bertz CT molecular complexity index is 646. The Morgan fingerprint density at radius 1 is 0.800 bits per heavy atom. The molecule has 1 nitrogen and oxygen atoms in total. The zero-order valence-corrected chi connectivity index (χ0v) is 10.4. The number of halogens is 5. The molecule has 1 atom stereocenters. The molecule has 0 saturated carbocycles. The van der Waals surface area contributed by atoms with Gasteiger partial charge in [-0.15, -0.1) is 0 Å². The van der Waals surface area contributed by atoms with E-state index >= 15 is 0 Å². The van der Waals surface area contributed by atoms with Gasteiger partial charge in [0.15, 0.2) is 17.5 Å². The standard InChI is InChI=1S/C14H10F5N/c1-6-2-10(16)8(5-9(6)15)14(20)7-3-11(17)13(19)12(18)4-7/h2-5,14H,20H2,1H3. The summed E-state index contributed by atoms with van der Waals surface area (Å²) in [6.45, 7) is 1.37. The lowest BCUT2D eigenvalue weighted by Gasteiger charge is -2.15. The number of hydrogen-bond acceptors (Lipinski definition) is 1. The highest BCUT2D eigenvalue weighted by Crippen LogP contribution is 2.26. The van der Waals surface area contributed by atoms with Crippen LogP contribution in [-0.4, -0.2) is 0 Å². The Kier molecular flexibility index (Phi) is 3.76. The van der Waals surface area contributed by atoms with Gasteiger partial charge >= 0.3 is 0 Å². The highest BCUT2D eigenvalue weighted by Gasteiger charge is 2.19. The minimum absolute atomic E-state index is 0.0786. The van der Waals surface area contributed by atoms with Gasteiger partial charge in [0.1, 0.15) is 11.6 Å². The molecular weight excluding hydrogens is 277 g/mol. The van der Waals surface area contributed by atoms with Crippen LogP contribution in [0.4, 0.5) is 22.0 Å². The average molecular weight is 287 g/mol. The van der Waals surface area contributed by atoms with Gasteiger partial charge in [-0.2, -0.15) is 0 Å². The van der Waals surface area contributed by atoms with E-state index in [1.807, 2.05) is 0 Å². The number of aryl methyl sites for hydroxylation is 1. The van der Waals surface area contributed by atoms with Crippen LogP contribution in [0, 0.1) is 36.0 Å². The summed E-state index contributed by atoms with van der Waals surface area (Å²) in [5.41, 5.74) is 5.28. The van der Waals surface area contributed by atoms with Crippen molar-refractivity contribution in [2.45, 2.75) is 13.0 Å². The largest absolute Gasteiger partial charge is 0.320 e. The van der Waals surface area contributed by atoms with Crippen LogP contribution >= 0.6 is 0 Å². The Labute approximate surface area is 111 Å². The quantitative estimate of drug-likeness (QED) is 0.661. The van der Waals surface area contributed by atoms with Crippen molar-refractivity contribution < 1.29 is 22.0 Å². The molecule has 6 heteroatoms. The zero-order valence-electron chi connectivity index (χ0n) is 10.4. The predicted octanol–water partition coefficient (Wildman–Crippen LogP) is 3.74. The SMILES string of the molecule is Cc1cc(F)c(C(N)c2cc(F)c(F)c(F)c2)cc1F. The summed E-state index contributed by atoms with van der Waals surface area (Å²) in [7, 11) is 0. The molecule has 2 aromatic carbocycles. The first-order valence-corrected chi connectivity index (χ1v) is 5.66. The van der Waals surface area contributed by atoms with Crippen molar-refractivity contribution in [2.75, 3.05) is 0 Å². The van der Waals surface area contributed by atoms with Crippen LogP contribution < -0.4 is 5.73 Å². The maximum atomic E-state index is 13.7. The lowest BCUT2D eigenvalue weighted by atomic mass is 9.97. The predicted molar refractivity (Wildman–Crippen MR) is 63.4 cm³/mol. The fourth-order valence-electron chi connectivity index (χ4n) is 1.83. The lowest BCUT2D eigenvalue weighted by molar-refractivity contribution is 0.444. The van der Waals surface area contributed by atoms with Crippen LogP contribution in [0.15, 0.2) is 24.3 Å². The smallest absolute Gasteiger partial charge is 0.194 e. The first kappa shape index (κ1) is 14.5. The minimum Gasteiger partial charge on any atom is -0.320 e. The fourth-order valence-corrected chi connectivity index (χ4v) is 1.83. The number of benzene rings is 2. The Morgan fingerprint density at radius 3 is 1.90 bits per heavy atom. The number of hydrogen-bond donors (Lipinski definition) is 1. The van der Waals surface area contributed by atoms with E-state index in [9.17, 15) is 22.0 Å². The molecule has 0 aromatic heterocycles. The topological polar surface area (TPSA) is 26.0 Å². The molecule has 0 saturated heterocycles. The van der Waals surface area contributed by atoms with Crippen molar-refractivity contribution in [2.24, 2.45) is 5.73 Å². The first-order chi connectivity index (χ1) is 9.31. The maximum absolute atomic E-state index is 13.7. The zero-order chi connectivity index (χ0) is 15.0. The maximum Gasteiger partial charge on any atom is 0.194 e. The van der Waals surface area contributed by atoms with Crippen molar-refractivity contribution in [3.8, 4) is 0 Å². The molecule has 2 aromatic rings. The highest BCUT2D eigenvalue weighted by molar-refractivity contribution is 5.35. The van der Waals surface area contributed by atoms with Crippen LogP contribution in [0.1, 0.15) is 22.7 Å². The second kappa shape index (κ2) is 5.20. The summed E-state index contributed by atoms with van der Waals surface area (Å²) in [5, 5.41) is 0. The molecule has 1 unspecified atom stereocenters. The van der Waals surface area contributed by atoms with Crippen LogP contribution in [-0.2, 0) is 0 Å². The molecule has 0 spiro atoms. The summed E-state index contributed by atoms with van der Waals surface area (Å²) in [5.74, 6) is -6.02. The molecule has 0 fully saturated rings. The second-order valence-corrected chi connectivity index (χ2v) is 4.40. The molecule has 0 amide bonds. The Balaban J connectivity index is 2.51. The van der Waals surface area contributed by atoms with E-state index in [0.717, 1.165) is 12.1 Å². The summed E-state index contributed by atoms with van der Waals surface area (Å²) >= 11 is 0. The second-order valence-electron chi connectivity index (χ2n) is 4.40. The summed E-state index contributed by atoms with van der Waals surface area (Å²) in [6.07, 6.45) is 0. The molecule has 0 radical (unpaired) electrons. The molecule has 20 heavy (non-hydrogen) atoms. The highest BCUT2D eigenvalue weighted by atomic mass is 19.2. The minimum atomic E-state index is -1.64. The van der Waals surface area contributed by atoms with Gasteiger partial charge in [0, 0.05) is 5.56 Å². The lowest BCUT2D eigenvalue weighted by Crippen LogP contribution is -2.15. The van der Waals surface area contributed by atoms with E-state index in [4.69, 9.17) is 5.73 Å². The monoisotopic (exact) mass is 287 g/mol. The van der Waals surface area contributed by atoms with E-state index in [2.05, 4.69) is 0 Å².